The third-order valence-corrected chi connectivity index (χ3v) is 6.08. The monoisotopic (exact) mass is 527 g/mol. The molecule has 0 bridgehead atoms. The first-order chi connectivity index (χ1) is 15.7. The number of nitrogens with zero attached hydrogens (tertiary/aromatic N) is 2. The Morgan fingerprint density at radius 3 is 1.06 bits per heavy atom. The fraction of sp³-hybridized carbons (Fsp3) is 0.375. The van der Waals surface area contributed by atoms with Crippen molar-refractivity contribution < 1.29 is 17.1 Å². The summed E-state index contributed by atoms with van der Waals surface area (Å²) in [5, 5.41) is 0. The van der Waals surface area contributed by atoms with Crippen molar-refractivity contribution in [2.45, 2.75) is 79.1 Å². The third kappa shape index (κ3) is 8.05. The molecule has 196 valence electrons. The van der Waals surface area contributed by atoms with E-state index in [4.69, 9.17) is 9.98 Å². The average molecular weight is 528 g/mol. The molecule has 1 N–H and O–H groups in total. The molecule has 3 aromatic rings. The molecule has 0 amide bonds. The summed E-state index contributed by atoms with van der Waals surface area (Å²) < 4.78 is 0. The maximum absolute atomic E-state index is 4.92. The Labute approximate surface area is 231 Å². The zero-order valence-electron chi connectivity index (χ0n) is 23.8. The molecule has 3 nitrogen and oxygen atoms in total. The van der Waals surface area contributed by atoms with Gasteiger partial charge in [0.2, 0.25) is 0 Å². The van der Waals surface area contributed by atoms with Crippen LogP contribution in [0.3, 0.4) is 0 Å². The number of aromatic nitrogens is 1. The number of rotatable bonds is 8. The van der Waals surface area contributed by atoms with Gasteiger partial charge in [-0.2, -0.15) is 0 Å². The van der Waals surface area contributed by atoms with Gasteiger partial charge in [-0.15, -0.1) is 0 Å². The van der Waals surface area contributed by atoms with Crippen LogP contribution in [0.2, 0.25) is 0 Å². The fourth-order valence-electron chi connectivity index (χ4n) is 4.17. The van der Waals surface area contributed by atoms with Crippen LogP contribution in [0, 0.1) is 14.9 Å². The van der Waals surface area contributed by atoms with Crippen molar-refractivity contribution in [3.63, 3.8) is 0 Å². The van der Waals surface area contributed by atoms with Gasteiger partial charge in [-0.05, 0) is 58.1 Å². The molecule has 0 spiro atoms. The fourth-order valence-corrected chi connectivity index (χ4v) is 4.17. The Kier molecular flexibility index (Phi) is 14.0. The van der Waals surface area contributed by atoms with Crippen LogP contribution in [0.1, 0.15) is 113 Å². The topological polar surface area (TPSA) is 40.5 Å². The van der Waals surface area contributed by atoms with Crippen molar-refractivity contribution in [3.05, 3.63) is 97.0 Å². The Balaban J connectivity index is 0.00000408. The second-order valence-corrected chi connectivity index (χ2v) is 10.1. The summed E-state index contributed by atoms with van der Waals surface area (Å²) in [4.78, 5) is 13.3. The van der Waals surface area contributed by atoms with Crippen LogP contribution < -0.4 is 0 Å². The van der Waals surface area contributed by atoms with Crippen LogP contribution in [-0.4, -0.2) is 17.4 Å². The SMILES string of the molecule is CC(C)c1cccc(C(C)C)c1N=Cc1ccc(C=Nc2c(C(C)C)cccc2C(C)C)[nH]1.[CH3-].[CH3-].[Fe+2]. The smallest absolute Gasteiger partial charge is 0.358 e. The van der Waals surface area contributed by atoms with Gasteiger partial charge in [0.25, 0.3) is 0 Å². The number of aromatic amines is 1. The number of hydrogen-bond acceptors (Lipinski definition) is 2. The van der Waals surface area contributed by atoms with E-state index in [1.54, 1.807) is 0 Å². The summed E-state index contributed by atoms with van der Waals surface area (Å²) >= 11 is 0. The number of para-hydroxylation sites is 2. The molecule has 1 heterocycles. The van der Waals surface area contributed by atoms with Gasteiger partial charge in [0.1, 0.15) is 0 Å². The van der Waals surface area contributed by atoms with E-state index >= 15 is 0 Å². The molecule has 0 unspecified atom stereocenters. The van der Waals surface area contributed by atoms with E-state index in [9.17, 15) is 0 Å². The number of aliphatic imine (C=N–C) groups is 2. The van der Waals surface area contributed by atoms with E-state index in [0.29, 0.717) is 23.7 Å². The molecule has 0 aliphatic heterocycles. The average Bonchev–Trinajstić information content (AvgIpc) is 3.23. The van der Waals surface area contributed by atoms with E-state index < -0.39 is 0 Å². The molecule has 4 heteroatoms. The van der Waals surface area contributed by atoms with Crippen molar-refractivity contribution in [1.29, 1.82) is 0 Å². The molecule has 36 heavy (non-hydrogen) atoms. The minimum atomic E-state index is 0. The van der Waals surface area contributed by atoms with Crippen LogP contribution in [-0.2, 0) is 17.1 Å². The number of H-pyrrole nitrogens is 1. The Morgan fingerprint density at radius 2 is 0.806 bits per heavy atom. The standard InChI is InChI=1S/C30H39N3.2CH3.Fe/c1-19(2)25-11-9-12-26(20(3)4)29(25)31-17-23-15-16-24(33-23)18-32-30-27(21(5)6)13-10-14-28(30)22(7)8;;;/h9-22,33H,1-8H3;2*1H3;/q;2*-1;+2. The molecule has 0 aliphatic carbocycles. The molecule has 0 aliphatic rings. The van der Waals surface area contributed by atoms with Crippen molar-refractivity contribution >= 4 is 23.8 Å². The van der Waals surface area contributed by atoms with Crippen molar-refractivity contribution in [2.75, 3.05) is 0 Å². The predicted molar refractivity (Wildman–Crippen MR) is 157 cm³/mol. The molecule has 0 saturated carbocycles. The van der Waals surface area contributed by atoms with Gasteiger partial charge in [-0.3, -0.25) is 9.98 Å². The van der Waals surface area contributed by atoms with Crippen LogP contribution in [0.15, 0.2) is 58.5 Å². The quantitative estimate of drug-likeness (QED) is 0.172. The summed E-state index contributed by atoms with van der Waals surface area (Å²) in [7, 11) is 0. The first kappa shape index (κ1) is 33.6. The normalized spacial score (nSPS) is 11.4. The van der Waals surface area contributed by atoms with Crippen molar-refractivity contribution in [2.24, 2.45) is 9.98 Å². The number of hydrogen-bond donors (Lipinski definition) is 1. The van der Waals surface area contributed by atoms with Crippen LogP contribution in [0.4, 0.5) is 11.4 Å². The minimum Gasteiger partial charge on any atom is -0.358 e. The second-order valence-electron chi connectivity index (χ2n) is 10.1. The summed E-state index contributed by atoms with van der Waals surface area (Å²) in [6.07, 6.45) is 3.87. The first-order valence-electron chi connectivity index (χ1n) is 12.2. The zero-order valence-corrected chi connectivity index (χ0v) is 24.9. The van der Waals surface area contributed by atoms with Gasteiger partial charge in [-0.1, -0.05) is 91.8 Å². The zero-order chi connectivity index (χ0) is 24.1. The molecular formula is C32H45FeN3. The van der Waals surface area contributed by atoms with E-state index in [2.05, 4.69) is 109 Å². The first-order valence-corrected chi connectivity index (χ1v) is 12.2. The van der Waals surface area contributed by atoms with Gasteiger partial charge in [0.05, 0.1) is 35.2 Å². The second kappa shape index (κ2) is 15.0. The Hall–Kier alpha value is -2.42. The number of nitrogens with one attached hydrogen (secondary N) is 1. The molecule has 0 atom stereocenters. The molecular weight excluding hydrogens is 482 g/mol. The van der Waals surface area contributed by atoms with Crippen molar-refractivity contribution in [1.82, 2.24) is 4.98 Å². The van der Waals surface area contributed by atoms with Gasteiger partial charge < -0.3 is 19.8 Å². The molecule has 0 saturated heterocycles. The van der Waals surface area contributed by atoms with Gasteiger partial charge in [-0.25, -0.2) is 0 Å². The molecule has 0 fully saturated rings. The van der Waals surface area contributed by atoms with Crippen LogP contribution in [0.5, 0.6) is 0 Å². The van der Waals surface area contributed by atoms with E-state index in [1.165, 1.54) is 22.3 Å². The minimum absolute atomic E-state index is 0. The molecule has 3 rings (SSSR count). The summed E-state index contributed by atoms with van der Waals surface area (Å²) in [6.45, 7) is 17.8. The van der Waals surface area contributed by atoms with Gasteiger partial charge in [0.15, 0.2) is 0 Å². The third-order valence-electron chi connectivity index (χ3n) is 6.08. The number of benzene rings is 2. The largest absolute Gasteiger partial charge is 2.00 e. The van der Waals surface area contributed by atoms with Crippen molar-refractivity contribution in [3.8, 4) is 0 Å². The van der Waals surface area contributed by atoms with Gasteiger partial charge >= 0.3 is 17.1 Å². The van der Waals surface area contributed by atoms with Crippen LogP contribution in [0.25, 0.3) is 0 Å². The molecule has 2 aromatic carbocycles. The van der Waals surface area contributed by atoms with Crippen LogP contribution >= 0.6 is 0 Å². The Bertz CT molecular complexity index is 994. The maximum Gasteiger partial charge on any atom is 2.00 e. The van der Waals surface area contributed by atoms with Gasteiger partial charge in [0, 0.05) is 0 Å². The molecule has 1 aromatic heterocycles. The summed E-state index contributed by atoms with van der Waals surface area (Å²) in [5.41, 5.74) is 9.31. The maximum atomic E-state index is 4.92. The Morgan fingerprint density at radius 1 is 0.528 bits per heavy atom. The van der Waals surface area contributed by atoms with E-state index in [1.807, 2.05) is 12.4 Å². The molecule has 0 radical (unpaired) electrons. The van der Waals surface area contributed by atoms with E-state index in [0.717, 1.165) is 22.8 Å². The summed E-state index contributed by atoms with van der Waals surface area (Å²) in [5.74, 6) is 1.72. The summed E-state index contributed by atoms with van der Waals surface area (Å²) in [6, 6.07) is 17.2. The van der Waals surface area contributed by atoms with E-state index in [-0.39, 0.29) is 31.9 Å². The predicted octanol–water partition coefficient (Wildman–Crippen LogP) is 9.91.